The SMILES string of the molecule is C=CCl.CCC#N. The number of hydrogen-bond acceptors (Lipinski definition) is 1. The van der Waals surface area contributed by atoms with Crippen molar-refractivity contribution in [3.05, 3.63) is 12.1 Å². The molecule has 0 radical (unpaired) electrons. The molecule has 0 saturated heterocycles. The second kappa shape index (κ2) is 17.8. The molecule has 2 heteroatoms. The quantitative estimate of drug-likeness (QED) is 0.478. The summed E-state index contributed by atoms with van der Waals surface area (Å²) in [5.41, 5.74) is 1.22. The number of rotatable bonds is 0. The van der Waals surface area contributed by atoms with Crippen molar-refractivity contribution < 1.29 is 0 Å². The van der Waals surface area contributed by atoms with Crippen LogP contribution in [0.5, 0.6) is 0 Å². The molecule has 0 N–H and O–H groups in total. The molecule has 0 spiro atoms. The Kier molecular flexibility index (Phi) is 24.7. The van der Waals surface area contributed by atoms with Crippen LogP contribution in [0.3, 0.4) is 0 Å². The highest BCUT2D eigenvalue weighted by atomic mass is 35.5. The van der Waals surface area contributed by atoms with Crippen LogP contribution in [0.25, 0.3) is 0 Å². The highest BCUT2D eigenvalue weighted by Crippen LogP contribution is 1.60. The van der Waals surface area contributed by atoms with E-state index in [2.05, 4.69) is 6.58 Å². The van der Waals surface area contributed by atoms with E-state index in [1.807, 2.05) is 13.0 Å². The van der Waals surface area contributed by atoms with E-state index < -0.39 is 0 Å². The smallest absolute Gasteiger partial charge is 0.0618 e. The number of halogens is 1. The lowest BCUT2D eigenvalue weighted by Crippen LogP contribution is -1.38. The monoisotopic (exact) mass is 117 g/mol. The molecule has 0 aromatic rings. The molecule has 0 aliphatic carbocycles. The predicted molar refractivity (Wildman–Crippen MR) is 32.0 cm³/mol. The van der Waals surface area contributed by atoms with Crippen molar-refractivity contribution in [1.82, 2.24) is 0 Å². The summed E-state index contributed by atoms with van der Waals surface area (Å²) in [6, 6.07) is 1.93. The zero-order valence-corrected chi connectivity index (χ0v) is 5.07. The molecule has 0 heterocycles. The third kappa shape index (κ3) is 253. The highest BCUT2D eigenvalue weighted by Gasteiger charge is 1.49. The lowest BCUT2D eigenvalue weighted by Gasteiger charge is -1.47. The standard InChI is InChI=1S/C3H5N.C2H3Cl/c1-2-3-4;1-2-3/h2H2,1H3;2H,1H2. The molecule has 0 saturated carbocycles. The van der Waals surface area contributed by atoms with Crippen molar-refractivity contribution in [1.29, 1.82) is 5.26 Å². The first-order valence-corrected chi connectivity index (χ1v) is 2.35. The molecule has 0 fully saturated rings. The van der Waals surface area contributed by atoms with Crippen LogP contribution in [0, 0.1) is 11.3 Å². The van der Waals surface area contributed by atoms with E-state index in [9.17, 15) is 0 Å². The Bertz CT molecular complexity index is 63.0. The minimum absolute atomic E-state index is 0.625. The summed E-state index contributed by atoms with van der Waals surface area (Å²) in [6.07, 6.45) is 0.625. The van der Waals surface area contributed by atoms with E-state index in [-0.39, 0.29) is 0 Å². The molecular weight excluding hydrogens is 110 g/mol. The average Bonchev–Trinajstić information content (AvgIpc) is 1.69. The maximum atomic E-state index is 7.62. The first-order valence-electron chi connectivity index (χ1n) is 1.91. The fraction of sp³-hybridized carbons (Fsp3) is 0.400. The van der Waals surface area contributed by atoms with Gasteiger partial charge in [0.05, 0.1) is 6.07 Å². The van der Waals surface area contributed by atoms with Gasteiger partial charge in [-0.15, -0.1) is 0 Å². The average molecular weight is 118 g/mol. The summed E-state index contributed by atoms with van der Waals surface area (Å²) < 4.78 is 0. The summed E-state index contributed by atoms with van der Waals surface area (Å²) >= 11 is 4.76. The van der Waals surface area contributed by atoms with Gasteiger partial charge in [-0.25, -0.2) is 0 Å². The molecule has 40 valence electrons. The first-order chi connectivity index (χ1) is 3.33. The number of nitriles is 1. The van der Waals surface area contributed by atoms with E-state index in [0.29, 0.717) is 6.42 Å². The Hall–Kier alpha value is -0.480. The van der Waals surface area contributed by atoms with Gasteiger partial charge in [0.25, 0.3) is 0 Å². The maximum Gasteiger partial charge on any atom is 0.0618 e. The van der Waals surface area contributed by atoms with Gasteiger partial charge < -0.3 is 0 Å². The van der Waals surface area contributed by atoms with Crippen LogP contribution in [0.15, 0.2) is 12.1 Å². The van der Waals surface area contributed by atoms with E-state index in [0.717, 1.165) is 0 Å². The van der Waals surface area contributed by atoms with Crippen molar-refractivity contribution in [3.8, 4) is 6.07 Å². The summed E-state index contributed by atoms with van der Waals surface area (Å²) in [6.45, 7) is 4.95. The van der Waals surface area contributed by atoms with Gasteiger partial charge >= 0.3 is 0 Å². The van der Waals surface area contributed by atoms with Crippen LogP contribution in [0.2, 0.25) is 0 Å². The number of hydrogen-bond donors (Lipinski definition) is 0. The van der Waals surface area contributed by atoms with Crippen molar-refractivity contribution in [2.45, 2.75) is 13.3 Å². The summed E-state index contributed by atoms with van der Waals surface area (Å²) in [7, 11) is 0. The molecule has 7 heavy (non-hydrogen) atoms. The molecule has 1 nitrogen and oxygen atoms in total. The molecule has 0 amide bonds. The predicted octanol–water partition coefficient (Wildman–Crippen LogP) is 2.29. The zero-order valence-electron chi connectivity index (χ0n) is 4.32. The molecule has 0 aliphatic rings. The lowest BCUT2D eigenvalue weighted by molar-refractivity contribution is 1.22. The van der Waals surface area contributed by atoms with Gasteiger partial charge in [-0.3, -0.25) is 0 Å². The molecule has 0 atom stereocenters. The normalized spacial score (nSPS) is 4.71. The van der Waals surface area contributed by atoms with Crippen LogP contribution < -0.4 is 0 Å². The van der Waals surface area contributed by atoms with E-state index in [4.69, 9.17) is 16.9 Å². The van der Waals surface area contributed by atoms with Crippen LogP contribution in [-0.4, -0.2) is 0 Å². The molecular formula is C5H8ClN. The van der Waals surface area contributed by atoms with Crippen molar-refractivity contribution in [2.24, 2.45) is 0 Å². The topological polar surface area (TPSA) is 23.8 Å². The van der Waals surface area contributed by atoms with Crippen molar-refractivity contribution in [2.75, 3.05) is 0 Å². The van der Waals surface area contributed by atoms with Gasteiger partial charge in [-0.05, 0) is 5.54 Å². The summed E-state index contributed by atoms with van der Waals surface area (Å²) in [4.78, 5) is 0. The number of nitrogens with zero attached hydrogens (tertiary/aromatic N) is 1. The van der Waals surface area contributed by atoms with Gasteiger partial charge in [-0.1, -0.05) is 25.1 Å². The Morgan fingerprint density at radius 2 is 2.14 bits per heavy atom. The highest BCUT2D eigenvalue weighted by molar-refractivity contribution is 6.25. The maximum absolute atomic E-state index is 7.62. The second-order valence-electron chi connectivity index (χ2n) is 0.666. The third-order valence-electron chi connectivity index (χ3n) is 0.158. The van der Waals surface area contributed by atoms with Gasteiger partial charge in [0.1, 0.15) is 0 Å². The molecule has 0 rings (SSSR count). The second-order valence-corrected chi connectivity index (χ2v) is 0.975. The Balaban J connectivity index is 0. The molecule has 0 aromatic heterocycles. The summed E-state index contributed by atoms with van der Waals surface area (Å²) in [5, 5.41) is 7.62. The summed E-state index contributed by atoms with van der Waals surface area (Å²) in [5.74, 6) is 0. The minimum Gasteiger partial charge on any atom is -0.198 e. The lowest BCUT2D eigenvalue weighted by atomic mass is 10.6. The Labute approximate surface area is 49.2 Å². The van der Waals surface area contributed by atoms with Crippen LogP contribution in [0.1, 0.15) is 13.3 Å². The third-order valence-corrected chi connectivity index (χ3v) is 0.158. The van der Waals surface area contributed by atoms with Gasteiger partial charge in [0, 0.05) is 6.42 Å². The molecule has 0 aliphatic heterocycles. The van der Waals surface area contributed by atoms with Gasteiger partial charge in [-0.2, -0.15) is 5.26 Å². The van der Waals surface area contributed by atoms with E-state index >= 15 is 0 Å². The fourth-order valence-electron chi connectivity index (χ4n) is 0. The fourth-order valence-corrected chi connectivity index (χ4v) is 0. The molecule has 0 aromatic carbocycles. The van der Waals surface area contributed by atoms with Crippen LogP contribution in [-0.2, 0) is 0 Å². The van der Waals surface area contributed by atoms with E-state index in [1.54, 1.807) is 0 Å². The Morgan fingerprint density at radius 1 is 2.00 bits per heavy atom. The zero-order chi connectivity index (χ0) is 6.12. The van der Waals surface area contributed by atoms with Crippen molar-refractivity contribution in [3.63, 3.8) is 0 Å². The van der Waals surface area contributed by atoms with E-state index in [1.165, 1.54) is 5.54 Å². The van der Waals surface area contributed by atoms with Gasteiger partial charge in [0.2, 0.25) is 0 Å². The first kappa shape index (κ1) is 9.72. The molecule has 0 unspecified atom stereocenters. The largest absolute Gasteiger partial charge is 0.198 e. The minimum atomic E-state index is 0.625. The van der Waals surface area contributed by atoms with Gasteiger partial charge in [0.15, 0.2) is 0 Å². The molecule has 0 bridgehead atoms. The van der Waals surface area contributed by atoms with Crippen LogP contribution >= 0.6 is 11.6 Å². The van der Waals surface area contributed by atoms with Crippen molar-refractivity contribution >= 4 is 11.6 Å². The van der Waals surface area contributed by atoms with Crippen LogP contribution in [0.4, 0.5) is 0 Å². The Morgan fingerprint density at radius 3 is 2.14 bits per heavy atom.